The maximum absolute atomic E-state index is 11.6. The summed E-state index contributed by atoms with van der Waals surface area (Å²) in [5.74, 6) is 3.61. The fraction of sp³-hybridized carbons (Fsp3) is 0.737. The van der Waals surface area contributed by atoms with Crippen molar-refractivity contribution >= 4 is 5.78 Å². The highest BCUT2D eigenvalue weighted by atomic mass is 16.1. The van der Waals surface area contributed by atoms with Crippen LogP contribution in [0.5, 0.6) is 0 Å². The number of carbonyl (C=O) groups is 1. The second kappa shape index (κ2) is 4.58. The van der Waals surface area contributed by atoms with Crippen molar-refractivity contribution in [3.05, 3.63) is 23.8 Å². The molecule has 5 atom stereocenters. The second-order valence-corrected chi connectivity index (χ2v) is 7.61. The van der Waals surface area contributed by atoms with E-state index in [1.54, 1.807) is 0 Å². The average Bonchev–Trinajstić information content (AvgIpc) is 2.91. The fourth-order valence-electron chi connectivity index (χ4n) is 6.07. The summed E-state index contributed by atoms with van der Waals surface area (Å²) in [6.07, 6.45) is 17.2. The van der Waals surface area contributed by atoms with Gasteiger partial charge in [-0.2, -0.15) is 0 Å². The summed E-state index contributed by atoms with van der Waals surface area (Å²) in [7, 11) is 0. The van der Waals surface area contributed by atoms with Gasteiger partial charge in [0, 0.05) is 6.42 Å². The molecule has 2 fully saturated rings. The van der Waals surface area contributed by atoms with Crippen LogP contribution in [-0.4, -0.2) is 5.78 Å². The average molecular weight is 270 g/mol. The molecule has 20 heavy (non-hydrogen) atoms. The predicted molar refractivity (Wildman–Crippen MR) is 81.2 cm³/mol. The zero-order valence-corrected chi connectivity index (χ0v) is 12.6. The van der Waals surface area contributed by atoms with Crippen molar-refractivity contribution in [2.75, 3.05) is 0 Å². The Bertz CT molecular complexity index is 486. The summed E-state index contributed by atoms with van der Waals surface area (Å²) in [5.41, 5.74) is 2.02. The first kappa shape index (κ1) is 12.9. The molecule has 0 N–H and O–H groups in total. The van der Waals surface area contributed by atoms with Crippen molar-refractivity contribution in [3.8, 4) is 0 Å². The molecule has 0 heterocycles. The lowest BCUT2D eigenvalue weighted by atomic mass is 9.53. The normalized spacial score (nSPS) is 46.5. The standard InChI is InChI=1S/C19H26O/c1-2-19-10-3-4-18(19)17-7-5-13-12-14(20)6-8-15(13)16(17)9-11-19/h5,7,12,15-18H,2-4,6,8-11H2,1H3/t15-,16+,17+,18-,19-/m0/s1. The Morgan fingerprint density at radius 2 is 2.15 bits per heavy atom. The molecule has 4 aliphatic rings. The molecule has 0 aromatic heterocycles. The first-order chi connectivity index (χ1) is 9.73. The Kier molecular flexibility index (Phi) is 2.94. The van der Waals surface area contributed by atoms with Crippen molar-refractivity contribution in [1.29, 1.82) is 0 Å². The Balaban J connectivity index is 1.69. The highest BCUT2D eigenvalue weighted by Crippen LogP contribution is 2.61. The van der Waals surface area contributed by atoms with Gasteiger partial charge in [0.2, 0.25) is 0 Å². The number of hydrogen-bond donors (Lipinski definition) is 0. The third kappa shape index (κ3) is 1.71. The van der Waals surface area contributed by atoms with Crippen LogP contribution in [0.4, 0.5) is 0 Å². The Morgan fingerprint density at radius 1 is 1.25 bits per heavy atom. The van der Waals surface area contributed by atoms with Crippen LogP contribution in [0.15, 0.2) is 23.8 Å². The maximum Gasteiger partial charge on any atom is 0.155 e. The van der Waals surface area contributed by atoms with Gasteiger partial charge in [-0.15, -0.1) is 0 Å². The minimum atomic E-state index is 0.346. The molecule has 1 nitrogen and oxygen atoms in total. The summed E-state index contributed by atoms with van der Waals surface area (Å²) in [6.45, 7) is 2.41. The van der Waals surface area contributed by atoms with Crippen LogP contribution in [0.3, 0.4) is 0 Å². The third-order valence-electron chi connectivity index (χ3n) is 7.10. The molecule has 4 aliphatic carbocycles. The Hall–Kier alpha value is -0.850. The largest absolute Gasteiger partial charge is 0.295 e. The van der Waals surface area contributed by atoms with E-state index in [2.05, 4.69) is 19.1 Å². The molecule has 0 amide bonds. The SMILES string of the molecule is CC[C@@]12CCC[C@H]1[C@@H]1C=CC3=CC(=O)CC[C@@H]3[C@H]1CC2. The molecule has 0 radical (unpaired) electrons. The lowest BCUT2D eigenvalue weighted by Gasteiger charge is -2.51. The van der Waals surface area contributed by atoms with E-state index in [-0.39, 0.29) is 0 Å². The van der Waals surface area contributed by atoms with Gasteiger partial charge in [0.1, 0.15) is 0 Å². The summed E-state index contributed by atoms with van der Waals surface area (Å²) < 4.78 is 0. The lowest BCUT2D eigenvalue weighted by molar-refractivity contribution is -0.115. The van der Waals surface area contributed by atoms with E-state index in [0.29, 0.717) is 17.1 Å². The maximum atomic E-state index is 11.6. The highest BCUT2D eigenvalue weighted by molar-refractivity contribution is 5.91. The fourth-order valence-corrected chi connectivity index (χ4v) is 6.07. The van der Waals surface area contributed by atoms with E-state index in [9.17, 15) is 4.79 Å². The van der Waals surface area contributed by atoms with Crippen molar-refractivity contribution in [1.82, 2.24) is 0 Å². The molecule has 108 valence electrons. The molecule has 4 rings (SSSR count). The third-order valence-corrected chi connectivity index (χ3v) is 7.10. The molecule has 0 aromatic rings. The first-order valence-corrected chi connectivity index (χ1v) is 8.66. The van der Waals surface area contributed by atoms with Crippen molar-refractivity contribution in [2.24, 2.45) is 29.1 Å². The second-order valence-electron chi connectivity index (χ2n) is 7.61. The van der Waals surface area contributed by atoms with E-state index in [1.165, 1.54) is 44.1 Å². The van der Waals surface area contributed by atoms with Crippen LogP contribution in [0.25, 0.3) is 0 Å². The lowest BCUT2D eigenvalue weighted by Crippen LogP contribution is -2.43. The smallest absolute Gasteiger partial charge is 0.155 e. The van der Waals surface area contributed by atoms with Crippen LogP contribution in [0.1, 0.15) is 58.3 Å². The van der Waals surface area contributed by atoms with Gasteiger partial charge < -0.3 is 0 Å². The van der Waals surface area contributed by atoms with E-state index >= 15 is 0 Å². The van der Waals surface area contributed by atoms with Gasteiger partial charge in [0.15, 0.2) is 5.78 Å². The minimum Gasteiger partial charge on any atom is -0.295 e. The molecular formula is C19H26O. The number of rotatable bonds is 1. The van der Waals surface area contributed by atoms with Crippen LogP contribution in [-0.2, 0) is 4.79 Å². The Labute approximate surface area is 122 Å². The predicted octanol–water partition coefficient (Wildman–Crippen LogP) is 4.68. The topological polar surface area (TPSA) is 17.1 Å². The van der Waals surface area contributed by atoms with Crippen LogP contribution in [0, 0.1) is 29.1 Å². The summed E-state index contributed by atoms with van der Waals surface area (Å²) in [6, 6.07) is 0. The van der Waals surface area contributed by atoms with Gasteiger partial charge in [-0.1, -0.05) is 31.9 Å². The first-order valence-electron chi connectivity index (χ1n) is 8.66. The van der Waals surface area contributed by atoms with Crippen LogP contribution < -0.4 is 0 Å². The zero-order chi connectivity index (χ0) is 13.7. The van der Waals surface area contributed by atoms with Gasteiger partial charge >= 0.3 is 0 Å². The zero-order valence-electron chi connectivity index (χ0n) is 12.6. The van der Waals surface area contributed by atoms with Crippen LogP contribution >= 0.6 is 0 Å². The number of carbonyl (C=O) groups excluding carboxylic acids is 1. The van der Waals surface area contributed by atoms with E-state index < -0.39 is 0 Å². The minimum absolute atomic E-state index is 0.346. The Morgan fingerprint density at radius 3 is 3.00 bits per heavy atom. The highest BCUT2D eigenvalue weighted by Gasteiger charge is 2.52. The monoisotopic (exact) mass is 270 g/mol. The molecule has 0 bridgehead atoms. The molecule has 1 heteroatoms. The molecule has 2 saturated carbocycles. The summed E-state index contributed by atoms with van der Waals surface area (Å²) in [4.78, 5) is 11.6. The molecule has 0 unspecified atom stereocenters. The van der Waals surface area contributed by atoms with Gasteiger partial charge in [-0.05, 0) is 72.8 Å². The van der Waals surface area contributed by atoms with Gasteiger partial charge in [-0.3, -0.25) is 4.79 Å². The number of allylic oxidation sites excluding steroid dienone is 4. The quantitative estimate of drug-likeness (QED) is 0.676. The summed E-state index contributed by atoms with van der Waals surface area (Å²) >= 11 is 0. The number of hydrogen-bond acceptors (Lipinski definition) is 1. The molecule has 0 aromatic carbocycles. The van der Waals surface area contributed by atoms with Crippen molar-refractivity contribution in [3.63, 3.8) is 0 Å². The molecule has 0 aliphatic heterocycles. The van der Waals surface area contributed by atoms with Crippen LogP contribution in [0.2, 0.25) is 0 Å². The molecular weight excluding hydrogens is 244 g/mol. The van der Waals surface area contributed by atoms with E-state index in [4.69, 9.17) is 0 Å². The van der Waals surface area contributed by atoms with Gasteiger partial charge in [0.05, 0.1) is 0 Å². The number of ketones is 1. The molecule has 0 spiro atoms. The van der Waals surface area contributed by atoms with Gasteiger partial charge in [-0.25, -0.2) is 0 Å². The molecule has 0 saturated heterocycles. The summed E-state index contributed by atoms with van der Waals surface area (Å²) in [5, 5.41) is 0. The van der Waals surface area contributed by atoms with Crippen molar-refractivity contribution < 1.29 is 4.79 Å². The van der Waals surface area contributed by atoms with E-state index in [0.717, 1.165) is 30.6 Å². The van der Waals surface area contributed by atoms with Crippen molar-refractivity contribution in [2.45, 2.75) is 58.3 Å². The van der Waals surface area contributed by atoms with E-state index in [1.807, 2.05) is 6.08 Å². The van der Waals surface area contributed by atoms with Gasteiger partial charge in [0.25, 0.3) is 0 Å². The number of fused-ring (bicyclic) bond motifs is 5.